The highest BCUT2D eigenvalue weighted by molar-refractivity contribution is 7.89. The molecular formula is C14H23N3O2S. The molecule has 2 heterocycles. The molecule has 1 aliphatic rings. The summed E-state index contributed by atoms with van der Waals surface area (Å²) < 4.78 is 27.1. The standard InChI is InChI=1S/C14H23N3O2S/c1-4-15-13-6-5-8-16-14(13)20(18,19)17-9-7-11(2)12(3)10-17/h5-6,8,11-12,15H,4,7,9-10H2,1-3H3. The molecule has 2 unspecified atom stereocenters. The zero-order valence-electron chi connectivity index (χ0n) is 12.3. The molecule has 1 aliphatic heterocycles. The van der Waals surface area contributed by atoms with Crippen LogP contribution in [0, 0.1) is 11.8 Å². The van der Waals surface area contributed by atoms with E-state index < -0.39 is 10.0 Å². The largest absolute Gasteiger partial charge is 0.383 e. The van der Waals surface area contributed by atoms with E-state index in [0.717, 1.165) is 6.42 Å². The minimum atomic E-state index is -3.51. The van der Waals surface area contributed by atoms with Gasteiger partial charge in [0, 0.05) is 25.8 Å². The van der Waals surface area contributed by atoms with E-state index in [1.54, 1.807) is 16.4 Å². The van der Waals surface area contributed by atoms with Crippen LogP contribution < -0.4 is 5.32 Å². The molecule has 6 heteroatoms. The van der Waals surface area contributed by atoms with Crippen LogP contribution in [0.2, 0.25) is 0 Å². The van der Waals surface area contributed by atoms with E-state index in [4.69, 9.17) is 0 Å². The zero-order valence-corrected chi connectivity index (χ0v) is 13.2. The minimum absolute atomic E-state index is 0.142. The summed E-state index contributed by atoms with van der Waals surface area (Å²) in [7, 11) is -3.51. The van der Waals surface area contributed by atoms with Gasteiger partial charge in [0.15, 0.2) is 5.03 Å². The number of pyridine rings is 1. The number of sulfonamides is 1. The van der Waals surface area contributed by atoms with Gasteiger partial charge >= 0.3 is 0 Å². The number of piperidine rings is 1. The molecule has 1 fully saturated rings. The van der Waals surface area contributed by atoms with Gasteiger partial charge in [0.1, 0.15) is 0 Å². The smallest absolute Gasteiger partial charge is 0.262 e. The molecule has 0 saturated carbocycles. The van der Waals surface area contributed by atoms with E-state index in [1.165, 1.54) is 6.20 Å². The molecule has 0 aliphatic carbocycles. The molecule has 0 bridgehead atoms. The Morgan fingerprint density at radius 3 is 2.80 bits per heavy atom. The SMILES string of the molecule is CCNc1cccnc1S(=O)(=O)N1CCC(C)C(C)C1. The quantitative estimate of drug-likeness (QED) is 0.925. The van der Waals surface area contributed by atoms with Crippen molar-refractivity contribution in [3.05, 3.63) is 18.3 Å². The second kappa shape index (κ2) is 6.10. The number of nitrogens with zero attached hydrogens (tertiary/aromatic N) is 2. The normalized spacial score (nSPS) is 24.6. The molecule has 2 rings (SSSR count). The third-order valence-electron chi connectivity index (χ3n) is 4.02. The van der Waals surface area contributed by atoms with Crippen LogP contribution in [0.3, 0.4) is 0 Å². The Morgan fingerprint density at radius 1 is 1.40 bits per heavy atom. The van der Waals surface area contributed by atoms with Crippen LogP contribution in [0.5, 0.6) is 0 Å². The van der Waals surface area contributed by atoms with Gasteiger partial charge in [-0.15, -0.1) is 0 Å². The number of anilines is 1. The van der Waals surface area contributed by atoms with Crippen molar-refractivity contribution in [2.75, 3.05) is 25.0 Å². The van der Waals surface area contributed by atoms with Crippen molar-refractivity contribution in [1.29, 1.82) is 0 Å². The van der Waals surface area contributed by atoms with Gasteiger partial charge in [-0.25, -0.2) is 13.4 Å². The summed E-state index contributed by atoms with van der Waals surface area (Å²) in [5.41, 5.74) is 0.585. The van der Waals surface area contributed by atoms with Crippen molar-refractivity contribution in [3.8, 4) is 0 Å². The summed E-state index contributed by atoms with van der Waals surface area (Å²) >= 11 is 0. The molecule has 0 aromatic carbocycles. The highest BCUT2D eigenvalue weighted by Crippen LogP contribution is 2.29. The average molecular weight is 297 g/mol. The Balaban J connectivity index is 2.31. The summed E-state index contributed by atoms with van der Waals surface area (Å²) in [5, 5.41) is 3.22. The fourth-order valence-electron chi connectivity index (χ4n) is 2.49. The molecular weight excluding hydrogens is 274 g/mol. The lowest BCUT2D eigenvalue weighted by atomic mass is 9.90. The summed E-state index contributed by atoms with van der Waals surface area (Å²) in [6.45, 7) is 8.05. The lowest BCUT2D eigenvalue weighted by molar-refractivity contribution is 0.212. The number of nitrogens with one attached hydrogen (secondary N) is 1. The van der Waals surface area contributed by atoms with Gasteiger partial charge in [-0.3, -0.25) is 0 Å². The van der Waals surface area contributed by atoms with Crippen LogP contribution in [-0.4, -0.2) is 37.3 Å². The van der Waals surface area contributed by atoms with E-state index in [0.29, 0.717) is 37.2 Å². The molecule has 2 atom stereocenters. The van der Waals surface area contributed by atoms with Gasteiger partial charge in [-0.1, -0.05) is 13.8 Å². The van der Waals surface area contributed by atoms with Crippen molar-refractivity contribution < 1.29 is 8.42 Å². The Kier molecular flexibility index (Phi) is 4.65. The van der Waals surface area contributed by atoms with E-state index >= 15 is 0 Å². The monoisotopic (exact) mass is 297 g/mol. The molecule has 20 heavy (non-hydrogen) atoms. The van der Waals surface area contributed by atoms with Crippen LogP contribution in [0.25, 0.3) is 0 Å². The summed E-state index contributed by atoms with van der Waals surface area (Å²) in [4.78, 5) is 4.10. The molecule has 5 nitrogen and oxygen atoms in total. The Labute approximate surface area is 121 Å². The first-order valence-corrected chi connectivity index (χ1v) is 8.59. The topological polar surface area (TPSA) is 62.3 Å². The van der Waals surface area contributed by atoms with Crippen molar-refractivity contribution in [2.24, 2.45) is 11.8 Å². The van der Waals surface area contributed by atoms with Crippen molar-refractivity contribution in [2.45, 2.75) is 32.2 Å². The summed E-state index contributed by atoms with van der Waals surface area (Å²) in [6, 6.07) is 3.51. The number of hydrogen-bond donors (Lipinski definition) is 1. The van der Waals surface area contributed by atoms with Gasteiger partial charge in [0.25, 0.3) is 10.0 Å². The molecule has 1 aromatic rings. The van der Waals surface area contributed by atoms with E-state index in [9.17, 15) is 8.42 Å². The molecule has 0 amide bonds. The lowest BCUT2D eigenvalue weighted by Gasteiger charge is -2.34. The molecule has 1 N–H and O–H groups in total. The highest BCUT2D eigenvalue weighted by atomic mass is 32.2. The summed E-state index contributed by atoms with van der Waals surface area (Å²) in [6.07, 6.45) is 2.44. The van der Waals surface area contributed by atoms with Gasteiger partial charge in [0.05, 0.1) is 5.69 Å². The third kappa shape index (κ3) is 2.96. The second-order valence-corrected chi connectivity index (χ2v) is 7.35. The van der Waals surface area contributed by atoms with E-state index in [2.05, 4.69) is 24.1 Å². The van der Waals surface area contributed by atoms with Gasteiger partial charge in [0.2, 0.25) is 0 Å². The van der Waals surface area contributed by atoms with Gasteiger partial charge in [-0.05, 0) is 37.3 Å². The average Bonchev–Trinajstić information content (AvgIpc) is 2.42. The molecule has 0 spiro atoms. The van der Waals surface area contributed by atoms with Crippen LogP contribution in [0.1, 0.15) is 27.2 Å². The number of rotatable bonds is 4. The van der Waals surface area contributed by atoms with Crippen molar-refractivity contribution in [1.82, 2.24) is 9.29 Å². The first kappa shape index (κ1) is 15.3. The van der Waals surface area contributed by atoms with Crippen LogP contribution in [0.15, 0.2) is 23.4 Å². The Bertz CT molecular complexity index is 559. The second-order valence-electron chi connectivity index (χ2n) is 5.49. The fourth-order valence-corrected chi connectivity index (χ4v) is 4.12. The number of hydrogen-bond acceptors (Lipinski definition) is 4. The van der Waals surface area contributed by atoms with E-state index in [-0.39, 0.29) is 5.03 Å². The minimum Gasteiger partial charge on any atom is -0.383 e. The number of aromatic nitrogens is 1. The maximum Gasteiger partial charge on any atom is 0.262 e. The van der Waals surface area contributed by atoms with Crippen molar-refractivity contribution in [3.63, 3.8) is 0 Å². The molecule has 1 aromatic heterocycles. The maximum atomic E-state index is 12.8. The summed E-state index contributed by atoms with van der Waals surface area (Å²) in [5.74, 6) is 0.947. The van der Waals surface area contributed by atoms with Gasteiger partial charge in [-0.2, -0.15) is 4.31 Å². The fraction of sp³-hybridized carbons (Fsp3) is 0.643. The predicted molar refractivity (Wildman–Crippen MR) is 80.1 cm³/mol. The van der Waals surface area contributed by atoms with Crippen LogP contribution in [-0.2, 0) is 10.0 Å². The first-order valence-electron chi connectivity index (χ1n) is 7.15. The lowest BCUT2D eigenvalue weighted by Crippen LogP contribution is -2.42. The van der Waals surface area contributed by atoms with Crippen molar-refractivity contribution >= 4 is 15.7 Å². The molecule has 112 valence electrons. The maximum absolute atomic E-state index is 12.8. The van der Waals surface area contributed by atoms with Crippen LogP contribution in [0.4, 0.5) is 5.69 Å². The highest BCUT2D eigenvalue weighted by Gasteiger charge is 2.33. The zero-order chi connectivity index (χ0) is 14.8. The Morgan fingerprint density at radius 2 is 2.15 bits per heavy atom. The first-order chi connectivity index (χ1) is 9.46. The molecule has 1 saturated heterocycles. The Hall–Kier alpha value is -1.14. The third-order valence-corrected chi connectivity index (χ3v) is 5.84. The van der Waals surface area contributed by atoms with Gasteiger partial charge < -0.3 is 5.32 Å². The van der Waals surface area contributed by atoms with Crippen LogP contribution >= 0.6 is 0 Å². The van der Waals surface area contributed by atoms with E-state index in [1.807, 2.05) is 6.92 Å². The molecule has 0 radical (unpaired) electrons. The predicted octanol–water partition coefficient (Wildman–Crippen LogP) is 2.18.